The van der Waals surface area contributed by atoms with Gasteiger partial charge >= 0.3 is 12.0 Å². The summed E-state index contributed by atoms with van der Waals surface area (Å²) in [6, 6.07) is -2.92. The predicted molar refractivity (Wildman–Crippen MR) is 71.7 cm³/mol. The molecular formula is C12H21N3O6. The highest BCUT2D eigenvalue weighted by atomic mass is 16.5. The second-order valence-electron chi connectivity index (χ2n) is 4.60. The third-order valence-electron chi connectivity index (χ3n) is 3.02. The van der Waals surface area contributed by atoms with Crippen LogP contribution in [0.5, 0.6) is 0 Å². The average molecular weight is 303 g/mol. The van der Waals surface area contributed by atoms with Gasteiger partial charge in [0.05, 0.1) is 19.8 Å². The fourth-order valence-electron chi connectivity index (χ4n) is 1.85. The molecule has 9 heteroatoms. The van der Waals surface area contributed by atoms with Crippen LogP contribution < -0.4 is 10.6 Å². The molecule has 0 aromatic rings. The van der Waals surface area contributed by atoms with Gasteiger partial charge in [0, 0.05) is 13.1 Å². The molecule has 1 rings (SSSR count). The third-order valence-corrected chi connectivity index (χ3v) is 3.02. The van der Waals surface area contributed by atoms with Crippen LogP contribution in [0.15, 0.2) is 0 Å². The number of hydrogen-bond donors (Lipinski definition) is 4. The first-order valence-electron chi connectivity index (χ1n) is 6.77. The quantitative estimate of drug-likeness (QED) is 0.466. The molecular weight excluding hydrogens is 282 g/mol. The highest BCUT2D eigenvalue weighted by Gasteiger charge is 2.34. The van der Waals surface area contributed by atoms with Crippen molar-refractivity contribution in [2.24, 2.45) is 0 Å². The van der Waals surface area contributed by atoms with Crippen molar-refractivity contribution in [1.29, 1.82) is 0 Å². The second kappa shape index (κ2) is 8.42. The Labute approximate surface area is 122 Å². The number of aliphatic hydroxyl groups is 1. The van der Waals surface area contributed by atoms with Crippen molar-refractivity contribution in [2.45, 2.75) is 25.4 Å². The molecule has 9 nitrogen and oxygen atoms in total. The molecule has 0 radical (unpaired) electrons. The van der Waals surface area contributed by atoms with Crippen LogP contribution in [0.25, 0.3) is 0 Å². The number of nitrogens with one attached hydrogen (secondary N) is 2. The zero-order valence-electron chi connectivity index (χ0n) is 11.9. The van der Waals surface area contributed by atoms with Gasteiger partial charge in [0.15, 0.2) is 6.04 Å². The van der Waals surface area contributed by atoms with Crippen molar-refractivity contribution in [1.82, 2.24) is 15.5 Å². The molecule has 0 aromatic carbocycles. The molecule has 0 saturated carbocycles. The van der Waals surface area contributed by atoms with Crippen LogP contribution in [-0.4, -0.2) is 78.0 Å². The minimum atomic E-state index is -1.40. The number of aliphatic carboxylic acids is 1. The smallest absolute Gasteiger partial charge is 0.328 e. The van der Waals surface area contributed by atoms with E-state index in [1.54, 1.807) is 0 Å². The Hall–Kier alpha value is -1.87. The van der Waals surface area contributed by atoms with Crippen molar-refractivity contribution >= 4 is 17.9 Å². The van der Waals surface area contributed by atoms with Gasteiger partial charge in [-0.05, 0) is 6.42 Å². The summed E-state index contributed by atoms with van der Waals surface area (Å²) in [6.45, 7) is 2.16. The van der Waals surface area contributed by atoms with Crippen LogP contribution in [0.1, 0.15) is 13.3 Å². The van der Waals surface area contributed by atoms with E-state index < -0.39 is 30.7 Å². The summed E-state index contributed by atoms with van der Waals surface area (Å²) < 4.78 is 5.19. The van der Waals surface area contributed by atoms with E-state index in [4.69, 9.17) is 14.9 Å². The van der Waals surface area contributed by atoms with E-state index >= 15 is 0 Å². The zero-order chi connectivity index (χ0) is 15.8. The number of aliphatic hydroxyl groups excluding tert-OH is 1. The Balaban J connectivity index is 2.69. The number of nitrogens with zero attached hydrogens (tertiary/aromatic N) is 1. The first kappa shape index (κ1) is 17.2. The lowest BCUT2D eigenvalue weighted by Crippen LogP contribution is -2.60. The molecule has 1 saturated heterocycles. The number of rotatable bonds is 6. The fraction of sp³-hybridized carbons (Fsp3) is 0.750. The summed E-state index contributed by atoms with van der Waals surface area (Å²) in [5, 5.41) is 22.6. The molecule has 0 bridgehead atoms. The van der Waals surface area contributed by atoms with Crippen molar-refractivity contribution in [2.75, 3.05) is 32.9 Å². The van der Waals surface area contributed by atoms with E-state index in [1.807, 2.05) is 6.92 Å². The predicted octanol–water partition coefficient (Wildman–Crippen LogP) is -1.63. The normalized spacial score (nSPS) is 19.7. The lowest BCUT2D eigenvalue weighted by Gasteiger charge is -2.35. The van der Waals surface area contributed by atoms with Crippen LogP contribution in [0.4, 0.5) is 4.79 Å². The lowest BCUT2D eigenvalue weighted by atomic mass is 10.2. The van der Waals surface area contributed by atoms with Gasteiger partial charge in [-0.3, -0.25) is 4.79 Å². The number of hydrogen-bond acceptors (Lipinski definition) is 5. The summed E-state index contributed by atoms with van der Waals surface area (Å²) in [5.74, 6) is -1.69. The molecule has 21 heavy (non-hydrogen) atoms. The van der Waals surface area contributed by atoms with Gasteiger partial charge in [0.1, 0.15) is 6.04 Å². The first-order valence-corrected chi connectivity index (χ1v) is 6.77. The first-order chi connectivity index (χ1) is 10.0. The van der Waals surface area contributed by atoms with E-state index in [2.05, 4.69) is 10.6 Å². The van der Waals surface area contributed by atoms with E-state index in [1.165, 1.54) is 4.90 Å². The maximum absolute atomic E-state index is 12.1. The van der Waals surface area contributed by atoms with Gasteiger partial charge in [-0.25, -0.2) is 9.59 Å². The molecule has 2 atom stereocenters. The van der Waals surface area contributed by atoms with E-state index in [0.29, 0.717) is 6.54 Å². The number of carboxylic acid groups (broad SMARTS) is 1. The van der Waals surface area contributed by atoms with Gasteiger partial charge in [-0.2, -0.15) is 0 Å². The molecule has 0 spiro atoms. The maximum Gasteiger partial charge on any atom is 0.328 e. The molecule has 3 amide bonds. The van der Waals surface area contributed by atoms with E-state index in [0.717, 1.165) is 6.42 Å². The summed E-state index contributed by atoms with van der Waals surface area (Å²) in [6.07, 6.45) is 0.761. The molecule has 120 valence electrons. The highest BCUT2D eigenvalue weighted by molar-refractivity contribution is 5.89. The van der Waals surface area contributed by atoms with Gasteiger partial charge < -0.3 is 30.5 Å². The molecule has 1 unspecified atom stereocenters. The molecule has 4 N–H and O–H groups in total. The number of carboxylic acids is 1. The minimum Gasteiger partial charge on any atom is -0.480 e. The van der Waals surface area contributed by atoms with Crippen LogP contribution in [0.3, 0.4) is 0 Å². The Kier molecular flexibility index (Phi) is 6.89. The number of morpholine rings is 1. The maximum atomic E-state index is 12.1. The van der Waals surface area contributed by atoms with Gasteiger partial charge in [0.25, 0.3) is 0 Å². The second-order valence-corrected chi connectivity index (χ2v) is 4.60. The van der Waals surface area contributed by atoms with Crippen molar-refractivity contribution < 1.29 is 29.3 Å². The van der Waals surface area contributed by atoms with Gasteiger partial charge in [-0.1, -0.05) is 6.92 Å². The average Bonchev–Trinajstić information content (AvgIpc) is 2.49. The Morgan fingerprint density at radius 2 is 2.14 bits per heavy atom. The number of amides is 3. The van der Waals surface area contributed by atoms with E-state index in [-0.39, 0.29) is 25.7 Å². The third kappa shape index (κ3) is 4.87. The van der Waals surface area contributed by atoms with Crippen LogP contribution >= 0.6 is 0 Å². The van der Waals surface area contributed by atoms with Crippen molar-refractivity contribution in [3.05, 3.63) is 0 Å². The number of urea groups is 1. The standard InChI is InChI=1S/C12H21N3O6/c1-2-3-13-10(17)9-7-21-5-4-15(9)12(20)14-8(6-16)11(18)19/h8-9,16H,2-7H2,1H3,(H,13,17)(H,14,20)(H,18,19)/t8-,9?/m0/s1. The number of carbonyl (C=O) groups is 3. The summed E-state index contributed by atoms with van der Waals surface area (Å²) in [7, 11) is 0. The molecule has 1 aliphatic rings. The molecule has 0 aromatic heterocycles. The largest absolute Gasteiger partial charge is 0.480 e. The zero-order valence-corrected chi connectivity index (χ0v) is 11.9. The van der Waals surface area contributed by atoms with Crippen molar-refractivity contribution in [3.8, 4) is 0 Å². The van der Waals surface area contributed by atoms with Crippen molar-refractivity contribution in [3.63, 3.8) is 0 Å². The Morgan fingerprint density at radius 3 is 2.71 bits per heavy atom. The highest BCUT2D eigenvalue weighted by Crippen LogP contribution is 2.08. The Bertz CT molecular complexity index is 389. The summed E-state index contributed by atoms with van der Waals surface area (Å²) in [4.78, 5) is 36.1. The molecule has 0 aliphatic carbocycles. The molecule has 1 aliphatic heterocycles. The summed E-state index contributed by atoms with van der Waals surface area (Å²) in [5.41, 5.74) is 0. The molecule has 1 heterocycles. The lowest BCUT2D eigenvalue weighted by molar-refractivity contribution is -0.140. The van der Waals surface area contributed by atoms with Crippen LogP contribution in [-0.2, 0) is 14.3 Å². The number of carbonyl (C=O) groups excluding carboxylic acids is 2. The van der Waals surface area contributed by atoms with Crippen LogP contribution in [0, 0.1) is 0 Å². The van der Waals surface area contributed by atoms with Gasteiger partial charge in [-0.15, -0.1) is 0 Å². The van der Waals surface area contributed by atoms with E-state index in [9.17, 15) is 14.4 Å². The summed E-state index contributed by atoms with van der Waals surface area (Å²) >= 11 is 0. The SMILES string of the molecule is CCCNC(=O)C1COCCN1C(=O)N[C@@H](CO)C(=O)O. The topological polar surface area (TPSA) is 128 Å². The Morgan fingerprint density at radius 1 is 1.43 bits per heavy atom. The fourth-order valence-corrected chi connectivity index (χ4v) is 1.85. The molecule has 1 fully saturated rings. The monoisotopic (exact) mass is 303 g/mol. The van der Waals surface area contributed by atoms with Crippen LogP contribution in [0.2, 0.25) is 0 Å². The number of ether oxygens (including phenoxy) is 1. The minimum absolute atomic E-state index is 0.0554. The van der Waals surface area contributed by atoms with Gasteiger partial charge in [0.2, 0.25) is 5.91 Å².